The molecule has 0 aliphatic rings. The molecule has 0 saturated carbocycles. The van der Waals surface area contributed by atoms with Crippen LogP contribution in [0.15, 0.2) is 18.2 Å². The fourth-order valence-electron chi connectivity index (χ4n) is 1.11. The van der Waals surface area contributed by atoms with E-state index in [2.05, 4.69) is 15.5 Å². The lowest BCUT2D eigenvalue weighted by molar-refractivity contribution is 0.603. The van der Waals surface area contributed by atoms with Crippen LogP contribution in [0.2, 0.25) is 0 Å². The van der Waals surface area contributed by atoms with Gasteiger partial charge >= 0.3 is 0 Å². The Bertz CT molecular complexity index is 468. The van der Waals surface area contributed by atoms with E-state index in [9.17, 15) is 4.39 Å². The summed E-state index contributed by atoms with van der Waals surface area (Å²) in [5.74, 6) is 0.234. The van der Waals surface area contributed by atoms with Crippen LogP contribution in [0.3, 0.4) is 0 Å². The maximum atomic E-state index is 13.5. The molecule has 2 rings (SSSR count). The Balaban J connectivity index is 2.58. The van der Waals surface area contributed by atoms with Crippen LogP contribution in [-0.2, 0) is 0 Å². The highest BCUT2D eigenvalue weighted by atomic mass is 127. The second-order valence-electron chi connectivity index (χ2n) is 2.73. The van der Waals surface area contributed by atoms with Gasteiger partial charge in [0.15, 0.2) is 5.82 Å². The molecular weight excluding hydrogens is 298 g/mol. The molecule has 0 amide bonds. The SMILES string of the molecule is Cc1nnnn1-c1ccc(I)cc1F. The molecule has 1 aromatic carbocycles. The summed E-state index contributed by atoms with van der Waals surface area (Å²) < 4.78 is 15.7. The lowest BCUT2D eigenvalue weighted by Crippen LogP contribution is -2.02. The quantitative estimate of drug-likeness (QED) is 0.753. The van der Waals surface area contributed by atoms with Crippen LogP contribution in [0.4, 0.5) is 4.39 Å². The first-order chi connectivity index (χ1) is 6.68. The first-order valence-corrected chi connectivity index (χ1v) is 4.97. The van der Waals surface area contributed by atoms with Crippen LogP contribution in [0.5, 0.6) is 0 Å². The lowest BCUT2D eigenvalue weighted by atomic mass is 10.3. The molecule has 0 N–H and O–H groups in total. The van der Waals surface area contributed by atoms with Crippen molar-refractivity contribution in [2.24, 2.45) is 0 Å². The fourth-order valence-corrected chi connectivity index (χ4v) is 1.56. The Morgan fingerprint density at radius 3 is 2.79 bits per heavy atom. The average Bonchev–Trinajstić information content (AvgIpc) is 2.52. The van der Waals surface area contributed by atoms with Crippen LogP contribution in [0, 0.1) is 16.3 Å². The molecule has 72 valence electrons. The number of aryl methyl sites for hydroxylation is 1. The van der Waals surface area contributed by atoms with Gasteiger partial charge in [-0.2, -0.15) is 4.68 Å². The number of hydrogen-bond acceptors (Lipinski definition) is 3. The van der Waals surface area contributed by atoms with Crippen molar-refractivity contribution in [2.45, 2.75) is 6.92 Å². The minimum absolute atomic E-state index is 0.327. The van der Waals surface area contributed by atoms with Gasteiger partial charge in [-0.05, 0) is 58.1 Å². The van der Waals surface area contributed by atoms with Crippen LogP contribution in [0.1, 0.15) is 5.82 Å². The van der Waals surface area contributed by atoms with Gasteiger partial charge in [0.25, 0.3) is 0 Å². The van der Waals surface area contributed by atoms with E-state index in [4.69, 9.17) is 0 Å². The molecule has 0 fully saturated rings. The molecule has 0 aliphatic heterocycles. The van der Waals surface area contributed by atoms with E-state index >= 15 is 0 Å². The van der Waals surface area contributed by atoms with E-state index in [0.29, 0.717) is 11.5 Å². The van der Waals surface area contributed by atoms with Gasteiger partial charge in [0, 0.05) is 3.57 Å². The number of hydrogen-bond donors (Lipinski definition) is 0. The molecule has 14 heavy (non-hydrogen) atoms. The zero-order valence-electron chi connectivity index (χ0n) is 7.28. The highest BCUT2D eigenvalue weighted by molar-refractivity contribution is 14.1. The van der Waals surface area contributed by atoms with Gasteiger partial charge in [-0.3, -0.25) is 0 Å². The molecule has 2 aromatic rings. The number of aromatic nitrogens is 4. The fraction of sp³-hybridized carbons (Fsp3) is 0.125. The van der Waals surface area contributed by atoms with Gasteiger partial charge in [-0.25, -0.2) is 4.39 Å². The number of halogens is 2. The van der Waals surface area contributed by atoms with Crippen LogP contribution in [0.25, 0.3) is 5.69 Å². The monoisotopic (exact) mass is 304 g/mol. The smallest absolute Gasteiger partial charge is 0.153 e. The molecule has 6 heteroatoms. The maximum Gasteiger partial charge on any atom is 0.153 e. The first-order valence-electron chi connectivity index (χ1n) is 3.89. The summed E-state index contributed by atoms with van der Waals surface area (Å²) in [5.41, 5.74) is 0.368. The lowest BCUT2D eigenvalue weighted by Gasteiger charge is -2.02. The van der Waals surface area contributed by atoms with Gasteiger partial charge < -0.3 is 0 Å². The molecule has 0 bridgehead atoms. The third-order valence-corrected chi connectivity index (χ3v) is 2.43. The highest BCUT2D eigenvalue weighted by Gasteiger charge is 2.08. The predicted molar refractivity (Wildman–Crippen MR) is 56.6 cm³/mol. The molecule has 4 nitrogen and oxygen atoms in total. The minimum Gasteiger partial charge on any atom is -0.205 e. The van der Waals surface area contributed by atoms with E-state index < -0.39 is 0 Å². The van der Waals surface area contributed by atoms with Crippen LogP contribution >= 0.6 is 22.6 Å². The topological polar surface area (TPSA) is 43.6 Å². The summed E-state index contributed by atoms with van der Waals surface area (Å²) in [5, 5.41) is 10.8. The third-order valence-electron chi connectivity index (χ3n) is 1.76. The van der Waals surface area contributed by atoms with Crippen LogP contribution in [-0.4, -0.2) is 20.2 Å². The van der Waals surface area contributed by atoms with Crippen molar-refractivity contribution in [3.05, 3.63) is 33.4 Å². The van der Waals surface area contributed by atoms with E-state index in [0.717, 1.165) is 3.57 Å². The Kier molecular flexibility index (Phi) is 2.44. The Labute approximate surface area is 93.3 Å². The third kappa shape index (κ3) is 1.61. The van der Waals surface area contributed by atoms with Crippen molar-refractivity contribution in [1.82, 2.24) is 20.2 Å². The largest absolute Gasteiger partial charge is 0.205 e. The zero-order valence-corrected chi connectivity index (χ0v) is 9.43. The van der Waals surface area contributed by atoms with Crippen molar-refractivity contribution < 1.29 is 4.39 Å². The molecule has 0 saturated heterocycles. The molecule has 0 spiro atoms. The summed E-state index contributed by atoms with van der Waals surface area (Å²) in [6.45, 7) is 1.72. The van der Waals surface area contributed by atoms with Crippen molar-refractivity contribution in [2.75, 3.05) is 0 Å². The summed E-state index contributed by atoms with van der Waals surface area (Å²) in [7, 11) is 0. The van der Waals surface area contributed by atoms with E-state index in [1.165, 1.54) is 10.7 Å². The van der Waals surface area contributed by atoms with Crippen molar-refractivity contribution in [1.29, 1.82) is 0 Å². The summed E-state index contributed by atoms with van der Waals surface area (Å²) in [4.78, 5) is 0. The summed E-state index contributed by atoms with van der Waals surface area (Å²) in [6.07, 6.45) is 0. The average molecular weight is 304 g/mol. The summed E-state index contributed by atoms with van der Waals surface area (Å²) >= 11 is 2.05. The molecule has 1 heterocycles. The maximum absolute atomic E-state index is 13.5. The molecule has 0 unspecified atom stereocenters. The van der Waals surface area contributed by atoms with Crippen molar-refractivity contribution in [3.63, 3.8) is 0 Å². The van der Waals surface area contributed by atoms with Gasteiger partial charge in [0.1, 0.15) is 11.5 Å². The number of benzene rings is 1. The Morgan fingerprint density at radius 2 is 2.21 bits per heavy atom. The second kappa shape index (κ2) is 3.60. The van der Waals surface area contributed by atoms with Gasteiger partial charge in [-0.15, -0.1) is 5.10 Å². The molecule has 0 atom stereocenters. The number of rotatable bonds is 1. The predicted octanol–water partition coefficient (Wildman–Crippen LogP) is 1.71. The van der Waals surface area contributed by atoms with Crippen molar-refractivity contribution in [3.8, 4) is 5.69 Å². The van der Waals surface area contributed by atoms with E-state index in [-0.39, 0.29) is 5.82 Å². The van der Waals surface area contributed by atoms with E-state index in [1.807, 2.05) is 22.6 Å². The molecule has 0 aliphatic carbocycles. The minimum atomic E-state index is -0.327. The van der Waals surface area contributed by atoms with Crippen molar-refractivity contribution >= 4 is 22.6 Å². The number of tetrazole rings is 1. The molecule has 1 aromatic heterocycles. The normalized spacial score (nSPS) is 10.5. The Morgan fingerprint density at radius 1 is 1.43 bits per heavy atom. The zero-order chi connectivity index (χ0) is 10.1. The standard InChI is InChI=1S/C8H6FIN4/c1-5-11-12-13-14(5)8-3-2-6(10)4-7(8)9/h2-4H,1H3. The Hall–Kier alpha value is -1.05. The first kappa shape index (κ1) is 9.50. The molecule has 0 radical (unpaired) electrons. The van der Waals surface area contributed by atoms with E-state index in [1.54, 1.807) is 19.1 Å². The van der Waals surface area contributed by atoms with Gasteiger partial charge in [-0.1, -0.05) is 0 Å². The molecular formula is C8H6FIN4. The highest BCUT2D eigenvalue weighted by Crippen LogP contribution is 2.15. The van der Waals surface area contributed by atoms with Gasteiger partial charge in [0.2, 0.25) is 0 Å². The second-order valence-corrected chi connectivity index (χ2v) is 3.98. The summed E-state index contributed by atoms with van der Waals surface area (Å²) in [6, 6.07) is 4.90. The number of nitrogens with zero attached hydrogens (tertiary/aromatic N) is 4. The van der Waals surface area contributed by atoms with Crippen LogP contribution < -0.4 is 0 Å². The van der Waals surface area contributed by atoms with Gasteiger partial charge in [0.05, 0.1) is 0 Å².